The topological polar surface area (TPSA) is 112 Å². The number of nitrogens with one attached hydrogen (secondary N) is 2. The number of Topliss-reactive ketones (excluding diaryl/α,β-unsaturated/α-hetero) is 1. The summed E-state index contributed by atoms with van der Waals surface area (Å²) in [7, 11) is 1.35. The highest BCUT2D eigenvalue weighted by atomic mass is 35.5. The Hall–Kier alpha value is -3.83. The summed E-state index contributed by atoms with van der Waals surface area (Å²) in [5, 5.41) is 3.36. The standard InChI is InChI=1S/C33H37ClF2N4O5/c1-19(20-6-5-10-39(11-9-20)18-31(42)45-2)32(43)29-14-22(35)17-40(29)30(41)13-21-12-25(34)28(15-26(21)36)38-33(44)24-16-37-27-8-4-3-7-23(24)27/h3-4,7-8,12,15-16,19-20,22,29,37H,5-6,9-11,13-14,17-18H2,1-2H3,(H,38,44)/t19?,20?,22-,29-/m0/s1. The summed E-state index contributed by atoms with van der Waals surface area (Å²) >= 11 is 6.40. The lowest BCUT2D eigenvalue weighted by Crippen LogP contribution is -2.44. The number of hydrogen-bond acceptors (Lipinski definition) is 6. The molecule has 2 amide bonds. The van der Waals surface area contributed by atoms with Gasteiger partial charge in [-0.05, 0) is 62.0 Å². The number of carbonyl (C=O) groups excluding carboxylic acids is 4. The Kier molecular flexibility index (Phi) is 10.2. The van der Waals surface area contributed by atoms with Crippen molar-refractivity contribution in [3.05, 3.63) is 64.6 Å². The number of alkyl halides is 1. The lowest BCUT2D eigenvalue weighted by atomic mass is 9.82. The number of carbonyl (C=O) groups is 4. The monoisotopic (exact) mass is 642 g/mol. The molecular weight excluding hydrogens is 606 g/mol. The second kappa shape index (κ2) is 14.1. The number of rotatable bonds is 9. The van der Waals surface area contributed by atoms with Crippen LogP contribution in [0, 0.1) is 17.7 Å². The number of ether oxygens (including phenoxy) is 1. The van der Waals surface area contributed by atoms with Gasteiger partial charge in [0.2, 0.25) is 5.91 Å². The van der Waals surface area contributed by atoms with Crippen molar-refractivity contribution in [2.45, 2.75) is 51.2 Å². The van der Waals surface area contributed by atoms with Crippen LogP contribution in [0.1, 0.15) is 48.5 Å². The van der Waals surface area contributed by atoms with Gasteiger partial charge in [-0.15, -0.1) is 0 Å². The van der Waals surface area contributed by atoms with Crippen LogP contribution in [0.2, 0.25) is 5.02 Å². The second-order valence-electron chi connectivity index (χ2n) is 11.9. The molecule has 45 heavy (non-hydrogen) atoms. The Labute approximate surface area is 265 Å². The summed E-state index contributed by atoms with van der Waals surface area (Å²) in [6, 6.07) is 8.64. The summed E-state index contributed by atoms with van der Waals surface area (Å²) in [4.78, 5) is 57.9. The van der Waals surface area contributed by atoms with Crippen LogP contribution in [-0.4, -0.2) is 83.9 Å². The molecule has 0 radical (unpaired) electrons. The van der Waals surface area contributed by atoms with E-state index >= 15 is 4.39 Å². The van der Waals surface area contributed by atoms with Crippen molar-refractivity contribution in [3.63, 3.8) is 0 Å². The molecule has 0 aliphatic carbocycles. The number of esters is 1. The van der Waals surface area contributed by atoms with E-state index in [0.717, 1.165) is 24.4 Å². The van der Waals surface area contributed by atoms with E-state index < -0.39 is 42.2 Å². The molecule has 2 unspecified atom stereocenters. The number of aromatic nitrogens is 1. The first kappa shape index (κ1) is 32.6. The molecule has 0 spiro atoms. The van der Waals surface area contributed by atoms with Crippen LogP contribution in [0.3, 0.4) is 0 Å². The van der Waals surface area contributed by atoms with E-state index in [1.54, 1.807) is 18.3 Å². The third-order valence-corrected chi connectivity index (χ3v) is 9.37. The highest BCUT2D eigenvalue weighted by Gasteiger charge is 2.42. The Morgan fingerprint density at radius 1 is 1.16 bits per heavy atom. The molecular formula is C33H37ClF2N4O5. The van der Waals surface area contributed by atoms with Crippen LogP contribution in [-0.2, 0) is 25.5 Å². The molecule has 9 nitrogen and oxygen atoms in total. The van der Waals surface area contributed by atoms with Crippen molar-refractivity contribution in [1.82, 2.24) is 14.8 Å². The first-order valence-corrected chi connectivity index (χ1v) is 15.5. The molecule has 3 aromatic rings. The fraction of sp³-hybridized carbons (Fsp3) is 0.455. The molecule has 0 saturated carbocycles. The predicted molar refractivity (Wildman–Crippen MR) is 166 cm³/mol. The fourth-order valence-electron chi connectivity index (χ4n) is 6.49. The van der Waals surface area contributed by atoms with E-state index in [0.29, 0.717) is 30.5 Å². The molecule has 2 aromatic carbocycles. The Morgan fingerprint density at radius 2 is 1.93 bits per heavy atom. The number of hydrogen-bond donors (Lipinski definition) is 2. The van der Waals surface area contributed by atoms with Crippen molar-refractivity contribution in [1.29, 1.82) is 0 Å². The number of amides is 2. The molecule has 2 fully saturated rings. The number of methoxy groups -OCH3 is 1. The van der Waals surface area contributed by atoms with Crippen LogP contribution in [0.25, 0.3) is 10.9 Å². The predicted octanol–water partition coefficient (Wildman–Crippen LogP) is 5.17. The average molecular weight is 643 g/mol. The van der Waals surface area contributed by atoms with E-state index in [1.165, 1.54) is 18.1 Å². The fourth-order valence-corrected chi connectivity index (χ4v) is 6.72. The summed E-state index contributed by atoms with van der Waals surface area (Å²) in [5.41, 5.74) is 1.16. The normalized spacial score (nSPS) is 21.4. The number of likely N-dealkylation sites (tertiary alicyclic amines) is 2. The van der Waals surface area contributed by atoms with Gasteiger partial charge in [0.25, 0.3) is 5.91 Å². The summed E-state index contributed by atoms with van der Waals surface area (Å²) in [6.45, 7) is 3.12. The zero-order valence-corrected chi connectivity index (χ0v) is 26.0. The molecule has 2 aliphatic heterocycles. The van der Waals surface area contributed by atoms with E-state index in [-0.39, 0.29) is 53.5 Å². The van der Waals surface area contributed by atoms with E-state index in [4.69, 9.17) is 16.3 Å². The summed E-state index contributed by atoms with van der Waals surface area (Å²) < 4.78 is 34.7. The van der Waals surface area contributed by atoms with Crippen molar-refractivity contribution < 1.29 is 32.7 Å². The number of anilines is 1. The van der Waals surface area contributed by atoms with Gasteiger partial charge in [0.15, 0.2) is 5.78 Å². The van der Waals surface area contributed by atoms with Crippen LogP contribution >= 0.6 is 11.6 Å². The molecule has 12 heteroatoms. The number of ketones is 1. The van der Waals surface area contributed by atoms with Gasteiger partial charge in [0, 0.05) is 29.4 Å². The smallest absolute Gasteiger partial charge is 0.319 e. The van der Waals surface area contributed by atoms with Crippen LogP contribution in [0.5, 0.6) is 0 Å². The van der Waals surface area contributed by atoms with Gasteiger partial charge in [-0.2, -0.15) is 0 Å². The molecule has 2 aliphatic rings. The van der Waals surface area contributed by atoms with Crippen LogP contribution in [0.4, 0.5) is 14.5 Å². The van der Waals surface area contributed by atoms with E-state index in [1.807, 2.05) is 24.0 Å². The number of nitrogens with zero attached hydrogens (tertiary/aromatic N) is 2. The Bertz CT molecular complexity index is 1600. The maximum atomic E-state index is 15.2. The molecule has 5 rings (SSSR count). The molecule has 2 saturated heterocycles. The lowest BCUT2D eigenvalue weighted by molar-refractivity contribution is -0.142. The number of fused-ring (bicyclic) bond motifs is 1. The lowest BCUT2D eigenvalue weighted by Gasteiger charge is -2.29. The minimum absolute atomic E-state index is 0.0221. The zero-order chi connectivity index (χ0) is 32.2. The summed E-state index contributed by atoms with van der Waals surface area (Å²) in [6.07, 6.45) is 1.94. The molecule has 0 bridgehead atoms. The van der Waals surface area contributed by atoms with Crippen molar-refractivity contribution in [3.8, 4) is 0 Å². The van der Waals surface area contributed by atoms with Gasteiger partial charge < -0.3 is 19.9 Å². The Morgan fingerprint density at radius 3 is 2.71 bits per heavy atom. The second-order valence-corrected chi connectivity index (χ2v) is 12.3. The largest absolute Gasteiger partial charge is 0.468 e. The summed E-state index contributed by atoms with van der Waals surface area (Å²) in [5.74, 6) is -2.72. The zero-order valence-electron chi connectivity index (χ0n) is 25.3. The number of aromatic amines is 1. The van der Waals surface area contributed by atoms with Crippen LogP contribution in [0.15, 0.2) is 42.6 Å². The SMILES string of the molecule is COC(=O)CN1CCCC(C(C)C(=O)[C@@H]2C[C@H](F)CN2C(=O)Cc2cc(Cl)c(NC(=O)c3c[nH]c4ccccc34)cc2F)CC1. The van der Waals surface area contributed by atoms with Gasteiger partial charge in [0.1, 0.15) is 12.0 Å². The minimum atomic E-state index is -1.37. The highest BCUT2D eigenvalue weighted by Crippen LogP contribution is 2.32. The molecule has 1 aromatic heterocycles. The van der Waals surface area contributed by atoms with E-state index in [9.17, 15) is 23.6 Å². The maximum Gasteiger partial charge on any atom is 0.319 e. The number of halogens is 3. The molecule has 2 N–H and O–H groups in total. The van der Waals surface area contributed by atoms with Crippen molar-refractivity contribution in [2.24, 2.45) is 11.8 Å². The number of para-hydroxylation sites is 1. The molecule has 3 heterocycles. The first-order valence-electron chi connectivity index (χ1n) is 15.2. The van der Waals surface area contributed by atoms with Crippen molar-refractivity contribution >= 4 is 51.8 Å². The molecule has 240 valence electrons. The number of H-pyrrole nitrogens is 1. The molecule has 4 atom stereocenters. The maximum absolute atomic E-state index is 15.2. The van der Waals surface area contributed by atoms with E-state index in [2.05, 4.69) is 10.3 Å². The number of benzene rings is 2. The average Bonchev–Trinajstić information content (AvgIpc) is 3.56. The van der Waals surface area contributed by atoms with Gasteiger partial charge in [-0.1, -0.05) is 36.7 Å². The Balaban J connectivity index is 1.23. The third kappa shape index (κ3) is 7.36. The third-order valence-electron chi connectivity index (χ3n) is 9.06. The van der Waals surface area contributed by atoms with Crippen molar-refractivity contribution in [2.75, 3.05) is 38.6 Å². The van der Waals surface area contributed by atoms with Crippen LogP contribution < -0.4 is 5.32 Å². The van der Waals surface area contributed by atoms with Gasteiger partial charge in [0.05, 0.1) is 48.9 Å². The van der Waals surface area contributed by atoms with Gasteiger partial charge in [-0.3, -0.25) is 24.1 Å². The first-order chi connectivity index (χ1) is 21.5. The van der Waals surface area contributed by atoms with Gasteiger partial charge >= 0.3 is 5.97 Å². The highest BCUT2D eigenvalue weighted by molar-refractivity contribution is 6.34. The minimum Gasteiger partial charge on any atom is -0.468 e. The quantitative estimate of drug-likeness (QED) is 0.312. The van der Waals surface area contributed by atoms with Gasteiger partial charge in [-0.25, -0.2) is 8.78 Å².